The van der Waals surface area contributed by atoms with Crippen LogP contribution in [0.15, 0.2) is 23.2 Å². The molecule has 0 radical (unpaired) electrons. The molecule has 0 aromatic carbocycles. The number of nitrogen functional groups attached to an aromatic ring is 1. The highest BCUT2D eigenvalue weighted by molar-refractivity contribution is 7.89. The van der Waals surface area contributed by atoms with E-state index in [4.69, 9.17) is 5.73 Å². The summed E-state index contributed by atoms with van der Waals surface area (Å²) >= 11 is 0. The predicted octanol–water partition coefficient (Wildman–Crippen LogP) is -0.189. The normalized spacial score (nSPS) is 17.9. The van der Waals surface area contributed by atoms with Crippen LogP contribution in [0.3, 0.4) is 0 Å². The van der Waals surface area contributed by atoms with Gasteiger partial charge in [-0.2, -0.15) is 4.31 Å². The Labute approximate surface area is 118 Å². The molecule has 20 heavy (non-hydrogen) atoms. The van der Waals surface area contributed by atoms with Crippen LogP contribution >= 0.6 is 0 Å². The first kappa shape index (κ1) is 14.7. The third kappa shape index (κ3) is 2.75. The molecule has 0 aliphatic carbocycles. The standard InChI is InChI=1S/C12H18N4O3S/c1-14-12(17)9-4-7-16(8-5-9)20(18,19)10-3-2-6-15-11(10)13/h2-3,6,9H,4-5,7-8H2,1H3,(H2,13,15)(H,14,17). The van der Waals surface area contributed by atoms with Crippen LogP contribution in [0.25, 0.3) is 0 Å². The molecular weight excluding hydrogens is 280 g/mol. The van der Waals surface area contributed by atoms with Crippen molar-refractivity contribution >= 4 is 21.7 Å². The molecule has 1 fully saturated rings. The fraction of sp³-hybridized carbons (Fsp3) is 0.500. The lowest BCUT2D eigenvalue weighted by atomic mass is 9.97. The van der Waals surface area contributed by atoms with E-state index in [0.717, 1.165) is 0 Å². The molecule has 1 aliphatic rings. The molecular formula is C12H18N4O3S. The minimum Gasteiger partial charge on any atom is -0.383 e. The third-order valence-corrected chi connectivity index (χ3v) is 5.43. The van der Waals surface area contributed by atoms with E-state index in [1.807, 2.05) is 0 Å². The van der Waals surface area contributed by atoms with Gasteiger partial charge in [-0.15, -0.1) is 0 Å². The number of pyridine rings is 1. The highest BCUT2D eigenvalue weighted by Gasteiger charge is 2.32. The second-order valence-electron chi connectivity index (χ2n) is 4.68. The zero-order valence-electron chi connectivity index (χ0n) is 11.2. The van der Waals surface area contributed by atoms with Crippen molar-refractivity contribution < 1.29 is 13.2 Å². The fourth-order valence-corrected chi connectivity index (χ4v) is 3.86. The summed E-state index contributed by atoms with van der Waals surface area (Å²) in [6.45, 7) is 0.628. The minimum absolute atomic E-state index is 0.000856. The van der Waals surface area contributed by atoms with Crippen molar-refractivity contribution in [1.29, 1.82) is 0 Å². The van der Waals surface area contributed by atoms with E-state index in [0.29, 0.717) is 25.9 Å². The molecule has 1 amide bonds. The van der Waals surface area contributed by atoms with Crippen molar-refractivity contribution in [3.05, 3.63) is 18.3 Å². The molecule has 1 saturated heterocycles. The summed E-state index contributed by atoms with van der Waals surface area (Å²) in [6.07, 6.45) is 2.48. The van der Waals surface area contributed by atoms with Gasteiger partial charge in [0.2, 0.25) is 15.9 Å². The Morgan fingerprint density at radius 3 is 2.65 bits per heavy atom. The van der Waals surface area contributed by atoms with Crippen LogP contribution in [-0.4, -0.2) is 43.8 Å². The largest absolute Gasteiger partial charge is 0.383 e. The maximum absolute atomic E-state index is 12.5. The van der Waals surface area contributed by atoms with Gasteiger partial charge < -0.3 is 11.1 Å². The third-order valence-electron chi connectivity index (χ3n) is 3.49. The van der Waals surface area contributed by atoms with Gasteiger partial charge >= 0.3 is 0 Å². The lowest BCUT2D eigenvalue weighted by molar-refractivity contribution is -0.125. The summed E-state index contributed by atoms with van der Waals surface area (Å²) in [4.78, 5) is 15.4. The monoisotopic (exact) mass is 298 g/mol. The molecule has 1 aromatic rings. The van der Waals surface area contributed by atoms with Gasteiger partial charge in [0.25, 0.3) is 0 Å². The molecule has 0 bridgehead atoms. The zero-order chi connectivity index (χ0) is 14.8. The van der Waals surface area contributed by atoms with Crippen molar-refractivity contribution in [3.8, 4) is 0 Å². The van der Waals surface area contributed by atoms with Crippen molar-refractivity contribution in [2.24, 2.45) is 5.92 Å². The molecule has 1 aliphatic heterocycles. The number of carbonyl (C=O) groups excluding carboxylic acids is 1. The van der Waals surface area contributed by atoms with E-state index in [-0.39, 0.29) is 22.5 Å². The second kappa shape index (κ2) is 5.76. The number of sulfonamides is 1. The topological polar surface area (TPSA) is 105 Å². The second-order valence-corrected chi connectivity index (χ2v) is 6.59. The number of rotatable bonds is 3. The summed E-state index contributed by atoms with van der Waals surface area (Å²) in [5.41, 5.74) is 5.63. The molecule has 0 saturated carbocycles. The van der Waals surface area contributed by atoms with Gasteiger partial charge in [0, 0.05) is 32.3 Å². The fourth-order valence-electron chi connectivity index (χ4n) is 2.32. The quantitative estimate of drug-likeness (QED) is 0.804. The Kier molecular flexibility index (Phi) is 4.24. The van der Waals surface area contributed by atoms with Gasteiger partial charge in [-0.3, -0.25) is 4.79 Å². The van der Waals surface area contributed by atoms with Crippen molar-refractivity contribution in [2.45, 2.75) is 17.7 Å². The molecule has 8 heteroatoms. The number of nitrogens with two attached hydrogens (primary N) is 1. The molecule has 0 spiro atoms. The lowest BCUT2D eigenvalue weighted by Crippen LogP contribution is -2.42. The van der Waals surface area contributed by atoms with Gasteiger partial charge in [0.15, 0.2) is 0 Å². The van der Waals surface area contributed by atoms with Gasteiger partial charge in [-0.1, -0.05) is 0 Å². The molecule has 0 unspecified atom stereocenters. The molecule has 110 valence electrons. The van der Waals surface area contributed by atoms with E-state index >= 15 is 0 Å². The van der Waals surface area contributed by atoms with E-state index in [9.17, 15) is 13.2 Å². The first-order chi connectivity index (χ1) is 9.46. The molecule has 0 atom stereocenters. The average molecular weight is 298 g/mol. The van der Waals surface area contributed by atoms with Crippen LogP contribution < -0.4 is 11.1 Å². The summed E-state index contributed by atoms with van der Waals surface area (Å²) in [5, 5.41) is 2.59. The lowest BCUT2D eigenvalue weighted by Gasteiger charge is -2.30. The first-order valence-electron chi connectivity index (χ1n) is 6.39. The number of nitrogens with one attached hydrogen (secondary N) is 1. The van der Waals surface area contributed by atoms with E-state index in [1.54, 1.807) is 13.1 Å². The van der Waals surface area contributed by atoms with Crippen molar-refractivity contribution in [1.82, 2.24) is 14.6 Å². The Morgan fingerprint density at radius 2 is 2.10 bits per heavy atom. The van der Waals surface area contributed by atoms with Crippen LogP contribution in [0.5, 0.6) is 0 Å². The van der Waals surface area contributed by atoms with Gasteiger partial charge in [0.05, 0.1) is 0 Å². The number of anilines is 1. The predicted molar refractivity (Wildman–Crippen MR) is 74.2 cm³/mol. The zero-order valence-corrected chi connectivity index (χ0v) is 12.1. The Morgan fingerprint density at radius 1 is 1.45 bits per heavy atom. The number of carbonyl (C=O) groups is 1. The smallest absolute Gasteiger partial charge is 0.246 e. The maximum Gasteiger partial charge on any atom is 0.246 e. The molecule has 2 heterocycles. The Balaban J connectivity index is 2.14. The number of aromatic nitrogens is 1. The maximum atomic E-state index is 12.5. The minimum atomic E-state index is -3.63. The van der Waals surface area contributed by atoms with Crippen LogP contribution in [0.2, 0.25) is 0 Å². The average Bonchev–Trinajstić information content (AvgIpc) is 2.47. The van der Waals surface area contributed by atoms with Crippen LogP contribution in [-0.2, 0) is 14.8 Å². The number of hydrogen-bond donors (Lipinski definition) is 2. The summed E-state index contributed by atoms with van der Waals surface area (Å²) in [6, 6.07) is 2.99. The van der Waals surface area contributed by atoms with Crippen LogP contribution in [0.4, 0.5) is 5.82 Å². The highest BCUT2D eigenvalue weighted by Crippen LogP contribution is 2.25. The Bertz CT molecular complexity index is 594. The van der Waals surface area contributed by atoms with Crippen LogP contribution in [0.1, 0.15) is 12.8 Å². The van der Waals surface area contributed by atoms with Gasteiger partial charge in [-0.05, 0) is 25.0 Å². The van der Waals surface area contributed by atoms with Gasteiger partial charge in [0.1, 0.15) is 10.7 Å². The van der Waals surface area contributed by atoms with E-state index in [2.05, 4.69) is 10.3 Å². The van der Waals surface area contributed by atoms with Gasteiger partial charge in [-0.25, -0.2) is 13.4 Å². The molecule has 7 nitrogen and oxygen atoms in total. The SMILES string of the molecule is CNC(=O)C1CCN(S(=O)(=O)c2cccnc2N)CC1. The summed E-state index contributed by atoms with van der Waals surface area (Å²) in [7, 11) is -2.05. The first-order valence-corrected chi connectivity index (χ1v) is 7.83. The molecule has 2 rings (SSSR count). The summed E-state index contributed by atoms with van der Waals surface area (Å²) in [5.74, 6) is -0.165. The van der Waals surface area contributed by atoms with E-state index in [1.165, 1.54) is 16.6 Å². The van der Waals surface area contributed by atoms with Crippen molar-refractivity contribution in [2.75, 3.05) is 25.9 Å². The van der Waals surface area contributed by atoms with E-state index < -0.39 is 10.0 Å². The molecule has 1 aromatic heterocycles. The number of amides is 1. The van der Waals surface area contributed by atoms with Crippen molar-refractivity contribution in [3.63, 3.8) is 0 Å². The number of piperidine rings is 1. The number of hydrogen-bond acceptors (Lipinski definition) is 5. The highest BCUT2D eigenvalue weighted by atomic mass is 32.2. The Hall–Kier alpha value is -1.67. The van der Waals surface area contributed by atoms with Crippen LogP contribution in [0, 0.1) is 5.92 Å². The number of nitrogens with zero attached hydrogens (tertiary/aromatic N) is 2. The summed E-state index contributed by atoms with van der Waals surface area (Å²) < 4.78 is 26.3. The molecule has 3 N–H and O–H groups in total.